The van der Waals surface area contributed by atoms with Gasteiger partial charge in [-0.3, -0.25) is 14.8 Å². The second-order valence-electron chi connectivity index (χ2n) is 3.37. The SMILES string of the molecule is CCN=C(Cl)/C(C=O)=C(\N)c1cccc(C)n1. The number of nitrogens with two attached hydrogens (primary N) is 1. The van der Waals surface area contributed by atoms with Crippen molar-refractivity contribution < 1.29 is 4.79 Å². The van der Waals surface area contributed by atoms with E-state index >= 15 is 0 Å². The van der Waals surface area contributed by atoms with E-state index in [1.165, 1.54) is 0 Å². The number of aldehydes is 1. The van der Waals surface area contributed by atoms with Crippen molar-refractivity contribution in [2.24, 2.45) is 10.7 Å². The molecule has 90 valence electrons. The molecule has 2 N–H and O–H groups in total. The maximum absolute atomic E-state index is 11.0. The minimum absolute atomic E-state index is 0.114. The largest absolute Gasteiger partial charge is 0.396 e. The fourth-order valence-electron chi connectivity index (χ4n) is 1.28. The lowest BCUT2D eigenvalue weighted by molar-refractivity contribution is -0.104. The Morgan fingerprint density at radius 3 is 2.82 bits per heavy atom. The molecule has 1 aromatic heterocycles. The molecule has 0 unspecified atom stereocenters. The number of aromatic nitrogens is 1. The molecule has 0 saturated heterocycles. The highest BCUT2D eigenvalue weighted by molar-refractivity contribution is 6.72. The standard InChI is InChI=1S/C12H14ClN3O/c1-3-15-12(13)9(7-17)11(14)10-6-4-5-8(2)16-10/h4-7H,3,14H2,1-2H3/b11-9-,15-12?. The molecule has 0 fully saturated rings. The Morgan fingerprint density at radius 1 is 1.59 bits per heavy atom. The van der Waals surface area contributed by atoms with Gasteiger partial charge in [0.1, 0.15) is 5.17 Å². The van der Waals surface area contributed by atoms with Gasteiger partial charge >= 0.3 is 0 Å². The van der Waals surface area contributed by atoms with Crippen molar-refractivity contribution in [2.45, 2.75) is 13.8 Å². The lowest BCUT2D eigenvalue weighted by atomic mass is 10.1. The molecule has 1 aromatic rings. The third-order valence-electron chi connectivity index (χ3n) is 2.09. The zero-order valence-corrected chi connectivity index (χ0v) is 10.5. The van der Waals surface area contributed by atoms with Gasteiger partial charge in [0.2, 0.25) is 0 Å². The third-order valence-corrected chi connectivity index (χ3v) is 2.41. The number of carbonyl (C=O) groups is 1. The molecule has 0 radical (unpaired) electrons. The van der Waals surface area contributed by atoms with Crippen LogP contribution >= 0.6 is 11.6 Å². The van der Waals surface area contributed by atoms with Gasteiger partial charge in [0.15, 0.2) is 6.29 Å². The first-order valence-electron chi connectivity index (χ1n) is 5.19. The minimum Gasteiger partial charge on any atom is -0.396 e. The smallest absolute Gasteiger partial charge is 0.155 e. The van der Waals surface area contributed by atoms with Crippen LogP contribution in [0.4, 0.5) is 0 Å². The summed E-state index contributed by atoms with van der Waals surface area (Å²) >= 11 is 5.88. The quantitative estimate of drug-likeness (QED) is 0.505. The first kappa shape index (κ1) is 13.4. The van der Waals surface area contributed by atoms with Crippen molar-refractivity contribution in [3.05, 3.63) is 35.2 Å². The number of carbonyl (C=O) groups excluding carboxylic acids is 1. The highest BCUT2D eigenvalue weighted by Crippen LogP contribution is 2.13. The van der Waals surface area contributed by atoms with Gasteiger partial charge in [0, 0.05) is 12.2 Å². The Morgan fingerprint density at radius 2 is 2.29 bits per heavy atom. The molecule has 4 nitrogen and oxygen atoms in total. The Balaban J connectivity index is 3.26. The molecule has 0 saturated carbocycles. The summed E-state index contributed by atoms with van der Waals surface area (Å²) in [5.74, 6) is 0. The maximum Gasteiger partial charge on any atom is 0.155 e. The van der Waals surface area contributed by atoms with E-state index in [9.17, 15) is 4.79 Å². The number of hydrogen-bond acceptors (Lipinski definition) is 4. The van der Waals surface area contributed by atoms with E-state index in [0.717, 1.165) is 5.69 Å². The van der Waals surface area contributed by atoms with E-state index < -0.39 is 0 Å². The van der Waals surface area contributed by atoms with Gasteiger partial charge in [-0.2, -0.15) is 0 Å². The maximum atomic E-state index is 11.0. The van der Waals surface area contributed by atoms with Crippen molar-refractivity contribution >= 4 is 28.8 Å². The monoisotopic (exact) mass is 251 g/mol. The van der Waals surface area contributed by atoms with Gasteiger partial charge in [-0.25, -0.2) is 0 Å². The molecule has 0 aromatic carbocycles. The van der Waals surface area contributed by atoms with E-state index in [4.69, 9.17) is 17.3 Å². The van der Waals surface area contributed by atoms with E-state index in [-0.39, 0.29) is 16.4 Å². The van der Waals surface area contributed by atoms with Crippen LogP contribution in [-0.2, 0) is 4.79 Å². The highest BCUT2D eigenvalue weighted by atomic mass is 35.5. The number of pyridine rings is 1. The van der Waals surface area contributed by atoms with Crippen molar-refractivity contribution in [3.63, 3.8) is 0 Å². The van der Waals surface area contributed by atoms with Crippen LogP contribution in [0.3, 0.4) is 0 Å². The molecular formula is C12H14ClN3O. The van der Waals surface area contributed by atoms with Gasteiger partial charge < -0.3 is 5.73 Å². The van der Waals surface area contributed by atoms with Crippen LogP contribution in [0.1, 0.15) is 18.3 Å². The van der Waals surface area contributed by atoms with Crippen molar-refractivity contribution in [1.29, 1.82) is 0 Å². The van der Waals surface area contributed by atoms with Crippen LogP contribution in [0.25, 0.3) is 5.70 Å². The molecule has 0 aliphatic carbocycles. The first-order valence-corrected chi connectivity index (χ1v) is 5.57. The molecule has 1 rings (SSSR count). The summed E-state index contributed by atoms with van der Waals surface area (Å²) in [6.07, 6.45) is 0.598. The average molecular weight is 252 g/mol. The van der Waals surface area contributed by atoms with E-state index in [1.807, 2.05) is 26.0 Å². The number of nitrogens with zero attached hydrogens (tertiary/aromatic N) is 2. The summed E-state index contributed by atoms with van der Waals surface area (Å²) in [7, 11) is 0. The Labute approximate surface area is 105 Å². The molecule has 0 aliphatic rings. The van der Waals surface area contributed by atoms with Gasteiger partial charge in [-0.05, 0) is 26.0 Å². The summed E-state index contributed by atoms with van der Waals surface area (Å²) in [5.41, 5.74) is 7.63. The molecule has 17 heavy (non-hydrogen) atoms. The van der Waals surface area contributed by atoms with Crippen molar-refractivity contribution in [2.75, 3.05) is 6.54 Å². The zero-order valence-electron chi connectivity index (χ0n) is 9.77. The van der Waals surface area contributed by atoms with E-state index in [2.05, 4.69) is 9.98 Å². The molecule has 0 aliphatic heterocycles. The average Bonchev–Trinajstić information content (AvgIpc) is 2.30. The number of allylic oxidation sites excluding steroid dienone is 1. The second-order valence-corrected chi connectivity index (χ2v) is 3.73. The summed E-state index contributed by atoms with van der Waals surface area (Å²) in [6.45, 7) is 4.16. The highest BCUT2D eigenvalue weighted by Gasteiger charge is 2.11. The summed E-state index contributed by atoms with van der Waals surface area (Å²) < 4.78 is 0. The lowest BCUT2D eigenvalue weighted by Crippen LogP contribution is -2.09. The lowest BCUT2D eigenvalue weighted by Gasteiger charge is -2.05. The predicted octanol–water partition coefficient (Wildman–Crippen LogP) is 1.92. The summed E-state index contributed by atoms with van der Waals surface area (Å²) in [4.78, 5) is 19.2. The number of hydrogen-bond donors (Lipinski definition) is 1. The molecule has 5 heteroatoms. The second kappa shape index (κ2) is 6.15. The zero-order chi connectivity index (χ0) is 12.8. The van der Waals surface area contributed by atoms with Gasteiger partial charge in [0.25, 0.3) is 0 Å². The van der Waals surface area contributed by atoms with Crippen LogP contribution in [-0.4, -0.2) is 23.0 Å². The fraction of sp³-hybridized carbons (Fsp3) is 0.250. The number of rotatable bonds is 4. The van der Waals surface area contributed by atoms with Gasteiger partial charge in [-0.1, -0.05) is 17.7 Å². The number of aryl methyl sites for hydroxylation is 1. The molecule has 1 heterocycles. The predicted molar refractivity (Wildman–Crippen MR) is 70.0 cm³/mol. The topological polar surface area (TPSA) is 68.3 Å². The Hall–Kier alpha value is -1.68. The summed E-state index contributed by atoms with van der Waals surface area (Å²) in [5, 5.41) is 0.114. The Kier molecular flexibility index (Phi) is 4.84. The van der Waals surface area contributed by atoms with Crippen LogP contribution in [0, 0.1) is 6.92 Å². The van der Waals surface area contributed by atoms with Gasteiger partial charge in [-0.15, -0.1) is 0 Å². The van der Waals surface area contributed by atoms with E-state index in [1.54, 1.807) is 6.07 Å². The molecule has 0 spiro atoms. The van der Waals surface area contributed by atoms with Crippen molar-refractivity contribution in [1.82, 2.24) is 4.98 Å². The van der Waals surface area contributed by atoms with Crippen molar-refractivity contribution in [3.8, 4) is 0 Å². The van der Waals surface area contributed by atoms with E-state index in [0.29, 0.717) is 18.5 Å². The summed E-state index contributed by atoms with van der Waals surface area (Å²) in [6, 6.07) is 5.39. The normalized spacial score (nSPS) is 13.2. The fourth-order valence-corrected chi connectivity index (χ4v) is 1.54. The first-order chi connectivity index (χ1) is 8.10. The number of halogens is 1. The molecule has 0 atom stereocenters. The third kappa shape index (κ3) is 3.39. The molecule has 0 amide bonds. The number of aliphatic imine (C=N–C) groups is 1. The minimum atomic E-state index is 0.114. The van der Waals surface area contributed by atoms with Crippen LogP contribution < -0.4 is 5.73 Å². The molecular weight excluding hydrogens is 238 g/mol. The molecule has 0 bridgehead atoms. The Bertz CT molecular complexity index is 480. The van der Waals surface area contributed by atoms with Crippen LogP contribution in [0.5, 0.6) is 0 Å². The van der Waals surface area contributed by atoms with Crippen LogP contribution in [0.15, 0.2) is 28.8 Å². The van der Waals surface area contributed by atoms with Crippen LogP contribution in [0.2, 0.25) is 0 Å². The van der Waals surface area contributed by atoms with Gasteiger partial charge in [0.05, 0.1) is 17.0 Å².